The molecule has 0 spiro atoms. The summed E-state index contributed by atoms with van der Waals surface area (Å²) < 4.78 is 5.73. The maximum absolute atomic E-state index is 11.6. The highest BCUT2D eigenvalue weighted by Crippen LogP contribution is 2.22. The van der Waals surface area contributed by atoms with E-state index < -0.39 is 0 Å². The number of anilines is 1. The average Bonchev–Trinajstić information content (AvgIpc) is 2.57. The number of hydrogen-bond donors (Lipinski definition) is 1. The first kappa shape index (κ1) is 22.2. The van der Waals surface area contributed by atoms with E-state index in [9.17, 15) is 10.1 Å². The largest absolute Gasteiger partial charge is 0.478 e. The molecule has 1 aromatic carbocycles. The third-order valence-corrected chi connectivity index (χ3v) is 4.10. The number of nitrogens with one attached hydrogen (secondary N) is 1. The Morgan fingerprint density at radius 1 is 1.37 bits per heavy atom. The monoisotopic (exact) mass is 367 g/mol. The summed E-state index contributed by atoms with van der Waals surface area (Å²) in [5.74, 6) is 0.498. The van der Waals surface area contributed by atoms with Gasteiger partial charge in [-0.3, -0.25) is 4.79 Å². The summed E-state index contributed by atoms with van der Waals surface area (Å²) in [5.41, 5.74) is 3.58. The highest BCUT2D eigenvalue weighted by atomic mass is 16.5. The number of aryl methyl sites for hydroxylation is 1. The number of hydrogen-bond acceptors (Lipinski definition) is 5. The average molecular weight is 367 g/mol. The quantitative estimate of drug-likeness (QED) is 0.215. The molecule has 1 unspecified atom stereocenters. The Hall–Kier alpha value is -2.87. The lowest BCUT2D eigenvalue weighted by Gasteiger charge is -2.15. The number of rotatable bonds is 8. The number of nitriles is 1. The number of carbonyl (C=O) groups is 1. The number of Topliss-reactive ketones (excluding diaryl/α,β-unsaturated/α-hetero) is 1. The third kappa shape index (κ3) is 6.74. The molecule has 1 rings (SSSR count). The number of ether oxygens (including phenoxy) is 1. The molecule has 1 atom stereocenters. The molecule has 5 heteroatoms. The van der Waals surface area contributed by atoms with Gasteiger partial charge >= 0.3 is 0 Å². The number of ketones is 1. The summed E-state index contributed by atoms with van der Waals surface area (Å²) in [6, 6.07) is 7.55. The number of aliphatic imine (C=N–C) groups is 1. The van der Waals surface area contributed by atoms with Crippen LogP contribution in [0.5, 0.6) is 0 Å². The topological polar surface area (TPSA) is 74.5 Å². The van der Waals surface area contributed by atoms with E-state index in [1.54, 1.807) is 26.0 Å². The van der Waals surface area contributed by atoms with Crippen LogP contribution >= 0.6 is 0 Å². The molecule has 0 saturated heterocycles. The van der Waals surface area contributed by atoms with Crippen molar-refractivity contribution in [3.05, 3.63) is 52.9 Å². The van der Waals surface area contributed by atoms with Gasteiger partial charge in [0.2, 0.25) is 0 Å². The number of nitrogens with zero attached hydrogens (tertiary/aromatic N) is 2. The maximum atomic E-state index is 11.6. The van der Waals surface area contributed by atoms with E-state index >= 15 is 0 Å². The fourth-order valence-corrected chi connectivity index (χ4v) is 2.64. The molecule has 0 heterocycles. The molecular formula is C22H29N3O2. The van der Waals surface area contributed by atoms with Crippen LogP contribution in [0.3, 0.4) is 0 Å². The molecule has 0 radical (unpaired) electrons. The van der Waals surface area contributed by atoms with Gasteiger partial charge in [-0.15, -0.1) is 0 Å². The SMILES string of the molecule is C=C(Nc1cc(C(C)=O)ccc1C)/C(C#N)=C(/C)N=C(C)OC(C)CCC. The summed E-state index contributed by atoms with van der Waals surface area (Å²) >= 11 is 0. The van der Waals surface area contributed by atoms with Crippen molar-refractivity contribution in [2.45, 2.75) is 60.5 Å². The van der Waals surface area contributed by atoms with Gasteiger partial charge < -0.3 is 10.1 Å². The molecule has 1 N–H and O–H groups in total. The summed E-state index contributed by atoms with van der Waals surface area (Å²) in [5, 5.41) is 12.7. The summed E-state index contributed by atoms with van der Waals surface area (Å²) in [7, 11) is 0. The van der Waals surface area contributed by atoms with Crippen molar-refractivity contribution in [1.29, 1.82) is 5.26 Å². The lowest BCUT2D eigenvalue weighted by atomic mass is 10.1. The van der Waals surface area contributed by atoms with E-state index in [0.717, 1.165) is 24.1 Å². The Balaban J connectivity index is 3.05. The number of carbonyl (C=O) groups excluding carboxylic acids is 1. The maximum Gasteiger partial charge on any atom is 0.185 e. The Kier molecular flexibility index (Phi) is 8.47. The molecule has 1 aromatic rings. The van der Waals surface area contributed by atoms with E-state index in [4.69, 9.17) is 4.74 Å². The van der Waals surface area contributed by atoms with Crippen LogP contribution in [0.2, 0.25) is 0 Å². The van der Waals surface area contributed by atoms with Crippen molar-refractivity contribution in [3.63, 3.8) is 0 Å². The van der Waals surface area contributed by atoms with Gasteiger partial charge in [0.1, 0.15) is 6.07 Å². The highest BCUT2D eigenvalue weighted by molar-refractivity contribution is 5.95. The fraction of sp³-hybridized carbons (Fsp3) is 0.409. The van der Waals surface area contributed by atoms with Crippen LogP contribution in [-0.2, 0) is 4.74 Å². The van der Waals surface area contributed by atoms with Crippen LogP contribution in [0.1, 0.15) is 63.4 Å². The molecule has 0 aliphatic carbocycles. The van der Waals surface area contributed by atoms with Gasteiger partial charge in [0.25, 0.3) is 0 Å². The minimum Gasteiger partial charge on any atom is -0.478 e. The van der Waals surface area contributed by atoms with Gasteiger partial charge in [0.15, 0.2) is 11.7 Å². The standard InChI is InChI=1S/C22H29N3O2/c1-8-9-15(3)27-19(7)24-16(4)21(13-23)17(5)25-22-12-20(18(6)26)11-10-14(22)2/h10-12,15,25H,5,8-9H2,1-4,6-7H3/b21-16-,24-19?. The zero-order chi connectivity index (χ0) is 20.6. The Bertz CT molecular complexity index is 813. The molecule has 27 heavy (non-hydrogen) atoms. The van der Waals surface area contributed by atoms with Crippen LogP contribution in [-0.4, -0.2) is 17.8 Å². The smallest absolute Gasteiger partial charge is 0.185 e. The first-order valence-corrected chi connectivity index (χ1v) is 9.10. The van der Waals surface area contributed by atoms with Gasteiger partial charge in [-0.2, -0.15) is 5.26 Å². The minimum atomic E-state index is -0.0190. The predicted octanol–water partition coefficient (Wildman–Crippen LogP) is 5.54. The second kappa shape index (κ2) is 10.3. The summed E-state index contributed by atoms with van der Waals surface area (Å²) in [4.78, 5) is 16.0. The van der Waals surface area contributed by atoms with Gasteiger partial charge in [0.05, 0.1) is 23.1 Å². The van der Waals surface area contributed by atoms with Crippen molar-refractivity contribution in [2.75, 3.05) is 5.32 Å². The van der Waals surface area contributed by atoms with E-state index in [-0.39, 0.29) is 11.9 Å². The zero-order valence-electron chi connectivity index (χ0n) is 17.1. The molecule has 5 nitrogen and oxygen atoms in total. The molecule has 144 valence electrons. The van der Waals surface area contributed by atoms with E-state index in [0.29, 0.717) is 28.4 Å². The lowest BCUT2D eigenvalue weighted by molar-refractivity contribution is 0.101. The van der Waals surface area contributed by atoms with Gasteiger partial charge in [-0.25, -0.2) is 4.99 Å². The predicted molar refractivity (Wildman–Crippen MR) is 111 cm³/mol. The molecule has 0 amide bonds. The molecule has 0 aliphatic rings. The van der Waals surface area contributed by atoms with Crippen LogP contribution in [0.25, 0.3) is 0 Å². The lowest BCUT2D eigenvalue weighted by Crippen LogP contribution is -2.12. The van der Waals surface area contributed by atoms with Crippen LogP contribution in [0.15, 0.2) is 46.7 Å². The van der Waals surface area contributed by atoms with Gasteiger partial charge in [-0.1, -0.05) is 32.1 Å². The Morgan fingerprint density at radius 3 is 2.59 bits per heavy atom. The first-order valence-electron chi connectivity index (χ1n) is 9.10. The normalized spacial score (nSPS) is 13.3. The van der Waals surface area contributed by atoms with Crippen molar-refractivity contribution in [1.82, 2.24) is 0 Å². The second-order valence-electron chi connectivity index (χ2n) is 6.61. The molecule has 0 aliphatic heterocycles. The summed E-state index contributed by atoms with van der Waals surface area (Å²) in [6.07, 6.45) is 2.06. The highest BCUT2D eigenvalue weighted by Gasteiger charge is 2.11. The van der Waals surface area contributed by atoms with Crippen molar-refractivity contribution >= 4 is 17.4 Å². The van der Waals surface area contributed by atoms with Crippen LogP contribution in [0.4, 0.5) is 5.69 Å². The summed E-state index contributed by atoms with van der Waals surface area (Å²) in [6.45, 7) is 15.0. The van der Waals surface area contributed by atoms with Crippen molar-refractivity contribution in [3.8, 4) is 6.07 Å². The second-order valence-corrected chi connectivity index (χ2v) is 6.61. The number of benzene rings is 1. The van der Waals surface area contributed by atoms with E-state index in [1.165, 1.54) is 6.92 Å². The fourth-order valence-electron chi connectivity index (χ4n) is 2.64. The minimum absolute atomic E-state index is 0.0190. The molecular weight excluding hydrogens is 338 g/mol. The van der Waals surface area contributed by atoms with E-state index in [1.807, 2.05) is 19.9 Å². The van der Waals surface area contributed by atoms with Crippen LogP contribution < -0.4 is 5.32 Å². The Labute approximate surface area is 162 Å². The molecule has 0 bridgehead atoms. The third-order valence-electron chi connectivity index (χ3n) is 4.10. The van der Waals surface area contributed by atoms with Crippen LogP contribution in [0, 0.1) is 18.3 Å². The molecule has 0 fully saturated rings. The zero-order valence-corrected chi connectivity index (χ0v) is 17.1. The van der Waals surface area contributed by atoms with E-state index in [2.05, 4.69) is 29.9 Å². The van der Waals surface area contributed by atoms with Gasteiger partial charge in [-0.05, 0) is 45.7 Å². The Morgan fingerprint density at radius 2 is 2.04 bits per heavy atom. The van der Waals surface area contributed by atoms with Gasteiger partial charge in [0, 0.05) is 18.2 Å². The molecule has 0 aromatic heterocycles. The van der Waals surface area contributed by atoms with Crippen molar-refractivity contribution in [2.24, 2.45) is 4.99 Å². The number of allylic oxidation sites excluding steroid dienone is 2. The van der Waals surface area contributed by atoms with Crippen molar-refractivity contribution < 1.29 is 9.53 Å². The first-order chi connectivity index (χ1) is 12.7. The molecule has 0 saturated carbocycles.